The standard InChI is InChI=1S/C18H24F3N3O2/c1-17(2,3)26-16(25)24-12-5-6-13(24)10-23(9-12)15-7-4-11(8-14(15)22)18(19,20)21/h4,7-8,12-13H,5-6,9-10,22H2,1-3H3. The minimum absolute atomic E-state index is 0.0229. The summed E-state index contributed by atoms with van der Waals surface area (Å²) < 4.78 is 44.0. The SMILES string of the molecule is CC(C)(C)OC(=O)N1C2CCC1CN(c1ccc(C(F)(F)F)cc1N)C2. The number of rotatable bonds is 1. The third-order valence-corrected chi connectivity index (χ3v) is 4.78. The Balaban J connectivity index is 1.76. The fourth-order valence-electron chi connectivity index (χ4n) is 3.73. The summed E-state index contributed by atoms with van der Waals surface area (Å²) in [5.41, 5.74) is 5.26. The number of alkyl halides is 3. The number of amides is 1. The number of hydrogen-bond donors (Lipinski definition) is 1. The molecule has 2 heterocycles. The number of nitrogens with two attached hydrogens (primary N) is 1. The zero-order valence-corrected chi connectivity index (χ0v) is 15.1. The Hall–Kier alpha value is -2.12. The van der Waals surface area contributed by atoms with Gasteiger partial charge in [-0.25, -0.2) is 4.79 Å². The van der Waals surface area contributed by atoms with Crippen LogP contribution in [0.2, 0.25) is 0 Å². The quantitative estimate of drug-likeness (QED) is 0.762. The number of carbonyl (C=O) groups excluding carboxylic acids is 1. The zero-order chi connectivity index (χ0) is 19.3. The van der Waals surface area contributed by atoms with E-state index in [2.05, 4.69) is 0 Å². The van der Waals surface area contributed by atoms with Crippen molar-refractivity contribution in [1.82, 2.24) is 4.90 Å². The molecule has 2 saturated heterocycles. The molecule has 0 aliphatic carbocycles. The molecule has 144 valence electrons. The number of benzene rings is 1. The summed E-state index contributed by atoms with van der Waals surface area (Å²) in [6, 6.07) is 3.39. The molecule has 2 bridgehead atoms. The summed E-state index contributed by atoms with van der Waals surface area (Å²) >= 11 is 0. The van der Waals surface area contributed by atoms with Crippen molar-refractivity contribution in [2.24, 2.45) is 0 Å². The Bertz CT molecular complexity index is 686. The third-order valence-electron chi connectivity index (χ3n) is 4.78. The van der Waals surface area contributed by atoms with Crippen molar-refractivity contribution in [1.29, 1.82) is 0 Å². The molecule has 0 spiro atoms. The molecule has 0 aromatic heterocycles. The van der Waals surface area contributed by atoms with E-state index >= 15 is 0 Å². The van der Waals surface area contributed by atoms with Gasteiger partial charge in [-0.3, -0.25) is 4.90 Å². The summed E-state index contributed by atoms with van der Waals surface area (Å²) in [4.78, 5) is 16.2. The van der Waals surface area contributed by atoms with Crippen molar-refractivity contribution in [3.63, 3.8) is 0 Å². The number of nitrogens with zero attached hydrogens (tertiary/aromatic N) is 2. The van der Waals surface area contributed by atoms with Gasteiger partial charge in [0.05, 0.1) is 29.0 Å². The van der Waals surface area contributed by atoms with Crippen LogP contribution in [0.15, 0.2) is 18.2 Å². The maximum Gasteiger partial charge on any atom is 0.416 e. The lowest BCUT2D eigenvalue weighted by Crippen LogP contribution is -2.56. The maximum absolute atomic E-state index is 12.8. The summed E-state index contributed by atoms with van der Waals surface area (Å²) in [5, 5.41) is 0. The van der Waals surface area contributed by atoms with Crippen molar-refractivity contribution in [3.05, 3.63) is 23.8 Å². The first-order valence-electron chi connectivity index (χ1n) is 8.69. The number of nitrogen functional groups attached to an aromatic ring is 1. The van der Waals surface area contributed by atoms with Gasteiger partial charge in [0.25, 0.3) is 0 Å². The first-order chi connectivity index (χ1) is 12.0. The number of carbonyl (C=O) groups is 1. The number of halogens is 3. The number of piperazine rings is 1. The van der Waals surface area contributed by atoms with Crippen LogP contribution in [0.3, 0.4) is 0 Å². The second kappa shape index (κ2) is 6.25. The molecule has 0 saturated carbocycles. The van der Waals surface area contributed by atoms with E-state index in [0.717, 1.165) is 25.0 Å². The van der Waals surface area contributed by atoms with Crippen LogP contribution in [0.4, 0.5) is 29.3 Å². The number of fused-ring (bicyclic) bond motifs is 2. The fraction of sp³-hybridized carbons (Fsp3) is 0.611. The van der Waals surface area contributed by atoms with Crippen LogP contribution in [0.1, 0.15) is 39.2 Å². The van der Waals surface area contributed by atoms with E-state index in [-0.39, 0.29) is 23.9 Å². The van der Waals surface area contributed by atoms with Gasteiger partial charge in [0, 0.05) is 13.1 Å². The van der Waals surface area contributed by atoms with Gasteiger partial charge in [-0.05, 0) is 51.8 Å². The van der Waals surface area contributed by atoms with E-state index in [1.54, 1.807) is 4.90 Å². The Kier molecular flexibility index (Phi) is 4.48. The number of anilines is 2. The molecule has 2 N–H and O–H groups in total. The van der Waals surface area contributed by atoms with Gasteiger partial charge in [0.15, 0.2) is 0 Å². The highest BCUT2D eigenvalue weighted by Gasteiger charge is 2.44. The van der Waals surface area contributed by atoms with Gasteiger partial charge in [-0.15, -0.1) is 0 Å². The van der Waals surface area contributed by atoms with Crippen molar-refractivity contribution in [2.45, 2.75) is 57.5 Å². The van der Waals surface area contributed by atoms with E-state index in [9.17, 15) is 18.0 Å². The van der Waals surface area contributed by atoms with E-state index in [4.69, 9.17) is 10.5 Å². The number of hydrogen-bond acceptors (Lipinski definition) is 4. The van der Waals surface area contributed by atoms with Crippen LogP contribution in [0.25, 0.3) is 0 Å². The van der Waals surface area contributed by atoms with Crippen LogP contribution in [-0.4, -0.2) is 41.8 Å². The molecule has 8 heteroatoms. The topological polar surface area (TPSA) is 58.8 Å². The molecule has 2 fully saturated rings. The van der Waals surface area contributed by atoms with E-state index in [0.29, 0.717) is 18.8 Å². The van der Waals surface area contributed by atoms with E-state index in [1.807, 2.05) is 25.7 Å². The molecule has 1 aromatic carbocycles. The Morgan fingerprint density at radius 3 is 2.19 bits per heavy atom. The minimum atomic E-state index is -4.42. The van der Waals surface area contributed by atoms with Crippen LogP contribution in [0, 0.1) is 0 Å². The van der Waals surface area contributed by atoms with Crippen molar-refractivity contribution < 1.29 is 22.7 Å². The predicted molar refractivity (Wildman–Crippen MR) is 93.0 cm³/mol. The first-order valence-corrected chi connectivity index (χ1v) is 8.69. The first kappa shape index (κ1) is 18.7. The third kappa shape index (κ3) is 3.68. The van der Waals surface area contributed by atoms with Gasteiger partial charge in [0.2, 0.25) is 0 Å². The lowest BCUT2D eigenvalue weighted by molar-refractivity contribution is -0.137. The Morgan fingerprint density at radius 2 is 1.73 bits per heavy atom. The Morgan fingerprint density at radius 1 is 1.15 bits per heavy atom. The van der Waals surface area contributed by atoms with Crippen LogP contribution >= 0.6 is 0 Å². The predicted octanol–water partition coefficient (Wildman–Crippen LogP) is 3.88. The molecular weight excluding hydrogens is 347 g/mol. The molecule has 2 aliphatic rings. The van der Waals surface area contributed by atoms with E-state index in [1.165, 1.54) is 6.07 Å². The second-order valence-electron chi connectivity index (χ2n) is 7.95. The van der Waals surface area contributed by atoms with Crippen molar-refractivity contribution in [2.75, 3.05) is 23.7 Å². The highest BCUT2D eigenvalue weighted by molar-refractivity contribution is 5.72. The lowest BCUT2D eigenvalue weighted by Gasteiger charge is -2.42. The fourth-order valence-corrected chi connectivity index (χ4v) is 3.73. The minimum Gasteiger partial charge on any atom is -0.444 e. The van der Waals surface area contributed by atoms with Crippen molar-refractivity contribution >= 4 is 17.5 Å². The molecule has 2 unspecified atom stereocenters. The summed E-state index contributed by atoms with van der Waals surface area (Å²) in [6.07, 6.45) is -3.05. The number of ether oxygens (including phenoxy) is 1. The molecule has 2 aliphatic heterocycles. The molecule has 5 nitrogen and oxygen atoms in total. The summed E-state index contributed by atoms with van der Waals surface area (Å²) in [6.45, 7) is 6.54. The molecular formula is C18H24F3N3O2. The normalized spacial score (nSPS) is 23.3. The van der Waals surface area contributed by atoms with Crippen molar-refractivity contribution in [3.8, 4) is 0 Å². The maximum atomic E-state index is 12.8. The molecule has 3 rings (SSSR count). The largest absolute Gasteiger partial charge is 0.444 e. The van der Waals surface area contributed by atoms with Gasteiger partial charge < -0.3 is 15.4 Å². The van der Waals surface area contributed by atoms with Gasteiger partial charge in [-0.2, -0.15) is 13.2 Å². The van der Waals surface area contributed by atoms with E-state index < -0.39 is 17.3 Å². The summed E-state index contributed by atoms with van der Waals surface area (Å²) in [7, 11) is 0. The summed E-state index contributed by atoms with van der Waals surface area (Å²) in [5.74, 6) is 0. The smallest absolute Gasteiger partial charge is 0.416 e. The molecule has 1 amide bonds. The van der Waals surface area contributed by atoms with Gasteiger partial charge in [0.1, 0.15) is 5.60 Å². The molecule has 0 radical (unpaired) electrons. The van der Waals surface area contributed by atoms with Crippen LogP contribution < -0.4 is 10.6 Å². The highest BCUT2D eigenvalue weighted by Crippen LogP contribution is 2.38. The van der Waals surface area contributed by atoms with Crippen LogP contribution in [-0.2, 0) is 10.9 Å². The average Bonchev–Trinajstić information content (AvgIpc) is 2.75. The molecule has 26 heavy (non-hydrogen) atoms. The average molecular weight is 371 g/mol. The second-order valence-corrected chi connectivity index (χ2v) is 7.95. The zero-order valence-electron chi connectivity index (χ0n) is 15.1. The molecule has 1 aromatic rings. The monoisotopic (exact) mass is 371 g/mol. The Labute approximate surface area is 150 Å². The van der Waals surface area contributed by atoms with Gasteiger partial charge in [-0.1, -0.05) is 0 Å². The van der Waals surface area contributed by atoms with Crippen LogP contribution in [0.5, 0.6) is 0 Å². The van der Waals surface area contributed by atoms with Gasteiger partial charge >= 0.3 is 12.3 Å². The highest BCUT2D eigenvalue weighted by atomic mass is 19.4. The lowest BCUT2D eigenvalue weighted by atomic mass is 10.1. The molecule has 2 atom stereocenters.